The zero-order chi connectivity index (χ0) is 19.3. The maximum atomic E-state index is 12.5. The first-order valence-electron chi connectivity index (χ1n) is 10.2. The summed E-state index contributed by atoms with van der Waals surface area (Å²) in [5.74, 6) is 0.673. The molecular formula is C23H29N3O2. The summed E-state index contributed by atoms with van der Waals surface area (Å²) in [7, 11) is 1.61. The van der Waals surface area contributed by atoms with E-state index >= 15 is 0 Å². The zero-order valence-electron chi connectivity index (χ0n) is 16.4. The first kappa shape index (κ1) is 18.8. The summed E-state index contributed by atoms with van der Waals surface area (Å²) in [6, 6.07) is 19.4. The minimum atomic E-state index is -0.149. The lowest BCUT2D eigenvalue weighted by Gasteiger charge is -2.49. The maximum absolute atomic E-state index is 12.5. The molecule has 148 valence electrons. The molecule has 5 heteroatoms. The van der Waals surface area contributed by atoms with Crippen molar-refractivity contribution >= 4 is 11.7 Å². The van der Waals surface area contributed by atoms with Gasteiger partial charge in [0.25, 0.3) is 0 Å². The number of para-hydroxylation sites is 2. The Hall–Kier alpha value is -2.53. The summed E-state index contributed by atoms with van der Waals surface area (Å²) in [4.78, 5) is 15.2. The van der Waals surface area contributed by atoms with Gasteiger partial charge in [-0.2, -0.15) is 0 Å². The van der Waals surface area contributed by atoms with Crippen LogP contribution < -0.4 is 15.4 Å². The van der Waals surface area contributed by atoms with Gasteiger partial charge in [0, 0.05) is 24.7 Å². The first-order valence-corrected chi connectivity index (χ1v) is 10.2. The van der Waals surface area contributed by atoms with Crippen LogP contribution in [0, 0.1) is 0 Å². The van der Waals surface area contributed by atoms with E-state index in [0.717, 1.165) is 19.4 Å². The third-order valence-corrected chi connectivity index (χ3v) is 6.02. The standard InChI is InChI=1S/C23H29N3O2/c1-28-22-13-6-5-12-21(22)25-23(27)24-18-14-19-10-7-11-20(15-18)26(19)16-17-8-3-2-4-9-17/h2-6,8-9,12-13,18-20H,7,10-11,14-16H2,1H3,(H2,24,25,27)/t18?,19-,20+. The lowest BCUT2D eigenvalue weighted by atomic mass is 9.81. The van der Waals surface area contributed by atoms with E-state index in [4.69, 9.17) is 4.74 Å². The van der Waals surface area contributed by atoms with Gasteiger partial charge in [-0.25, -0.2) is 4.79 Å². The van der Waals surface area contributed by atoms with Gasteiger partial charge >= 0.3 is 6.03 Å². The van der Waals surface area contributed by atoms with Gasteiger partial charge in [-0.05, 0) is 43.4 Å². The zero-order valence-corrected chi connectivity index (χ0v) is 16.4. The molecule has 2 aromatic rings. The van der Waals surface area contributed by atoms with Crippen molar-refractivity contribution in [3.63, 3.8) is 0 Å². The number of hydrogen-bond acceptors (Lipinski definition) is 3. The van der Waals surface area contributed by atoms with Crippen LogP contribution in [0.25, 0.3) is 0 Å². The van der Waals surface area contributed by atoms with Gasteiger partial charge in [0.05, 0.1) is 12.8 Å². The van der Waals surface area contributed by atoms with Crippen molar-refractivity contribution in [2.24, 2.45) is 0 Å². The van der Waals surface area contributed by atoms with Gasteiger partial charge in [-0.3, -0.25) is 4.90 Å². The number of hydrogen-bond donors (Lipinski definition) is 2. The van der Waals surface area contributed by atoms with Crippen molar-refractivity contribution in [3.8, 4) is 5.75 Å². The number of carbonyl (C=O) groups is 1. The molecule has 2 fully saturated rings. The molecule has 2 saturated heterocycles. The number of urea groups is 1. The van der Waals surface area contributed by atoms with E-state index in [9.17, 15) is 4.79 Å². The van der Waals surface area contributed by atoms with Crippen LogP contribution in [0.5, 0.6) is 5.75 Å². The summed E-state index contributed by atoms with van der Waals surface area (Å²) in [6.45, 7) is 1.01. The number of amides is 2. The van der Waals surface area contributed by atoms with Crippen molar-refractivity contribution < 1.29 is 9.53 Å². The second kappa shape index (κ2) is 8.65. The molecule has 2 heterocycles. The van der Waals surface area contributed by atoms with Crippen LogP contribution in [-0.2, 0) is 6.54 Å². The fourth-order valence-corrected chi connectivity index (χ4v) is 4.74. The third-order valence-electron chi connectivity index (χ3n) is 6.02. The van der Waals surface area contributed by atoms with Crippen LogP contribution in [0.4, 0.5) is 10.5 Å². The summed E-state index contributed by atoms with van der Waals surface area (Å²) in [5.41, 5.74) is 2.07. The van der Waals surface area contributed by atoms with Gasteiger partial charge in [0.15, 0.2) is 0 Å². The molecule has 2 aliphatic heterocycles. The molecule has 1 unspecified atom stereocenters. The number of anilines is 1. The predicted molar refractivity (Wildman–Crippen MR) is 112 cm³/mol. The first-order chi connectivity index (χ1) is 13.7. The highest BCUT2D eigenvalue weighted by Crippen LogP contribution is 2.35. The Morgan fingerprint density at radius 2 is 1.71 bits per heavy atom. The fourth-order valence-electron chi connectivity index (χ4n) is 4.74. The largest absolute Gasteiger partial charge is 0.495 e. The number of fused-ring (bicyclic) bond motifs is 2. The smallest absolute Gasteiger partial charge is 0.319 e. The summed E-state index contributed by atoms with van der Waals surface area (Å²) >= 11 is 0. The normalized spacial score (nSPS) is 24.4. The number of nitrogens with one attached hydrogen (secondary N) is 2. The Balaban J connectivity index is 1.37. The Bertz CT molecular complexity index is 781. The number of nitrogens with zero attached hydrogens (tertiary/aromatic N) is 1. The van der Waals surface area contributed by atoms with E-state index in [0.29, 0.717) is 23.5 Å². The lowest BCUT2D eigenvalue weighted by Crippen LogP contribution is -2.56. The lowest BCUT2D eigenvalue weighted by molar-refractivity contribution is 0.0200. The molecule has 2 N–H and O–H groups in total. The molecule has 0 aromatic heterocycles. The number of rotatable bonds is 5. The van der Waals surface area contributed by atoms with Crippen molar-refractivity contribution in [1.82, 2.24) is 10.2 Å². The number of ether oxygens (including phenoxy) is 1. The Morgan fingerprint density at radius 1 is 1.04 bits per heavy atom. The van der Waals surface area contributed by atoms with Gasteiger partial charge < -0.3 is 15.4 Å². The fraction of sp³-hybridized carbons (Fsp3) is 0.435. The molecule has 28 heavy (non-hydrogen) atoms. The van der Waals surface area contributed by atoms with Gasteiger partial charge in [-0.1, -0.05) is 48.9 Å². The Labute approximate surface area is 167 Å². The van der Waals surface area contributed by atoms with Crippen LogP contribution in [0.2, 0.25) is 0 Å². The second-order valence-corrected chi connectivity index (χ2v) is 7.86. The van der Waals surface area contributed by atoms with Crippen molar-refractivity contribution in [3.05, 3.63) is 60.2 Å². The molecule has 2 amide bonds. The van der Waals surface area contributed by atoms with E-state index in [2.05, 4.69) is 45.9 Å². The topological polar surface area (TPSA) is 53.6 Å². The minimum absolute atomic E-state index is 0.149. The van der Waals surface area contributed by atoms with Crippen LogP contribution in [-0.4, -0.2) is 36.2 Å². The van der Waals surface area contributed by atoms with E-state index in [1.165, 1.54) is 24.8 Å². The van der Waals surface area contributed by atoms with Crippen molar-refractivity contribution in [1.29, 1.82) is 0 Å². The average molecular weight is 380 g/mol. The predicted octanol–water partition coefficient (Wildman–Crippen LogP) is 4.40. The van der Waals surface area contributed by atoms with Gasteiger partial charge in [0.1, 0.15) is 5.75 Å². The third kappa shape index (κ3) is 4.30. The minimum Gasteiger partial charge on any atom is -0.495 e. The molecule has 0 radical (unpaired) electrons. The number of methoxy groups -OCH3 is 1. The molecular weight excluding hydrogens is 350 g/mol. The molecule has 5 nitrogen and oxygen atoms in total. The second-order valence-electron chi connectivity index (χ2n) is 7.86. The number of piperidine rings is 2. The molecule has 0 aliphatic carbocycles. The summed E-state index contributed by atoms with van der Waals surface area (Å²) in [5, 5.41) is 6.14. The van der Waals surface area contributed by atoms with E-state index in [1.807, 2.05) is 24.3 Å². The van der Waals surface area contributed by atoms with Crippen LogP contribution in [0.1, 0.15) is 37.7 Å². The van der Waals surface area contributed by atoms with Crippen molar-refractivity contribution in [2.45, 2.75) is 56.8 Å². The quantitative estimate of drug-likeness (QED) is 0.809. The monoisotopic (exact) mass is 379 g/mol. The Kier molecular flexibility index (Phi) is 5.81. The molecule has 2 aliphatic rings. The highest BCUT2D eigenvalue weighted by atomic mass is 16.5. The van der Waals surface area contributed by atoms with E-state index in [1.54, 1.807) is 7.11 Å². The van der Waals surface area contributed by atoms with Crippen LogP contribution in [0.3, 0.4) is 0 Å². The average Bonchev–Trinajstić information content (AvgIpc) is 2.70. The molecule has 4 rings (SSSR count). The molecule has 2 bridgehead atoms. The van der Waals surface area contributed by atoms with Gasteiger partial charge in [0.2, 0.25) is 0 Å². The molecule has 3 atom stereocenters. The summed E-state index contributed by atoms with van der Waals surface area (Å²) in [6.07, 6.45) is 5.76. The molecule has 0 saturated carbocycles. The summed E-state index contributed by atoms with van der Waals surface area (Å²) < 4.78 is 5.32. The van der Waals surface area contributed by atoms with E-state index < -0.39 is 0 Å². The Morgan fingerprint density at radius 3 is 2.43 bits per heavy atom. The highest BCUT2D eigenvalue weighted by Gasteiger charge is 2.38. The highest BCUT2D eigenvalue weighted by molar-refractivity contribution is 5.91. The number of carbonyl (C=O) groups excluding carboxylic acids is 1. The molecule has 2 aromatic carbocycles. The van der Waals surface area contributed by atoms with Crippen LogP contribution >= 0.6 is 0 Å². The molecule has 0 spiro atoms. The van der Waals surface area contributed by atoms with Crippen LogP contribution in [0.15, 0.2) is 54.6 Å². The van der Waals surface area contributed by atoms with E-state index in [-0.39, 0.29) is 12.1 Å². The SMILES string of the molecule is COc1ccccc1NC(=O)NC1C[C@H]2CCC[C@@H](C1)N2Cc1ccccc1. The van der Waals surface area contributed by atoms with Gasteiger partial charge in [-0.15, -0.1) is 0 Å². The number of benzene rings is 2. The maximum Gasteiger partial charge on any atom is 0.319 e. The van der Waals surface area contributed by atoms with Crippen molar-refractivity contribution in [2.75, 3.05) is 12.4 Å².